The summed E-state index contributed by atoms with van der Waals surface area (Å²) < 4.78 is 11.4. The molecule has 0 aromatic heterocycles. The van der Waals surface area contributed by atoms with E-state index in [1.165, 1.54) is 19.3 Å². The molecule has 2 aliphatic rings. The van der Waals surface area contributed by atoms with E-state index in [9.17, 15) is 4.79 Å². The van der Waals surface area contributed by atoms with Gasteiger partial charge in [-0.2, -0.15) is 0 Å². The first-order valence-electron chi connectivity index (χ1n) is 11.7. The molecule has 1 saturated heterocycles. The number of para-hydroxylation sites is 2. The van der Waals surface area contributed by atoms with Crippen molar-refractivity contribution in [2.45, 2.75) is 64.5 Å². The van der Waals surface area contributed by atoms with Crippen molar-refractivity contribution < 1.29 is 14.3 Å². The van der Waals surface area contributed by atoms with E-state index in [1.54, 1.807) is 7.11 Å². The molecule has 1 aliphatic heterocycles. The number of amides is 1. The summed E-state index contributed by atoms with van der Waals surface area (Å²) in [5.74, 6) is 2.80. The highest BCUT2D eigenvalue weighted by atomic mass is 16.5. The van der Waals surface area contributed by atoms with Crippen molar-refractivity contribution in [3.63, 3.8) is 0 Å². The molecule has 2 atom stereocenters. The zero-order valence-electron chi connectivity index (χ0n) is 19.2. The minimum atomic E-state index is -0.0975. The molecule has 7 nitrogen and oxygen atoms in total. The molecule has 0 bridgehead atoms. The Bertz CT molecular complexity index is 733. The number of rotatable bonds is 8. The topological polar surface area (TPSA) is 75.2 Å². The average Bonchev–Trinajstić information content (AvgIpc) is 3.26. The van der Waals surface area contributed by atoms with Gasteiger partial charge in [-0.15, -0.1) is 0 Å². The van der Waals surface area contributed by atoms with Crippen molar-refractivity contribution in [3.8, 4) is 11.5 Å². The molecule has 7 heteroatoms. The number of methoxy groups -OCH3 is 1. The zero-order chi connectivity index (χ0) is 22.1. The summed E-state index contributed by atoms with van der Waals surface area (Å²) in [4.78, 5) is 19.6. The van der Waals surface area contributed by atoms with Gasteiger partial charge in [0.25, 0.3) is 0 Å². The molecule has 1 aromatic carbocycles. The number of ether oxygens (including phenoxy) is 2. The SMILES string of the molecule is CCNC(=NCC(C)Oc1ccccc1OC)NC1CCN(C(=O)C2CCCCC2)C1. The Kier molecular flexibility index (Phi) is 8.85. The van der Waals surface area contributed by atoms with E-state index in [2.05, 4.69) is 17.6 Å². The standard InChI is InChI=1S/C24H38N4O3/c1-4-25-24(26-16-18(2)31-22-13-9-8-12-21(22)30-3)27-20-14-15-28(17-20)23(29)19-10-6-5-7-11-19/h8-9,12-13,18-20H,4-7,10-11,14-17H2,1-3H3,(H2,25,26,27). The van der Waals surface area contributed by atoms with Crippen LogP contribution in [0, 0.1) is 5.92 Å². The molecule has 1 amide bonds. The average molecular weight is 431 g/mol. The van der Waals surface area contributed by atoms with Crippen LogP contribution in [0.15, 0.2) is 29.3 Å². The predicted molar refractivity (Wildman–Crippen MR) is 124 cm³/mol. The van der Waals surface area contributed by atoms with Crippen molar-refractivity contribution in [3.05, 3.63) is 24.3 Å². The van der Waals surface area contributed by atoms with Crippen LogP contribution in [0.1, 0.15) is 52.4 Å². The van der Waals surface area contributed by atoms with Gasteiger partial charge in [-0.25, -0.2) is 4.99 Å². The first kappa shape index (κ1) is 23.2. The number of carbonyl (C=O) groups excluding carboxylic acids is 1. The van der Waals surface area contributed by atoms with Gasteiger partial charge in [0.15, 0.2) is 17.5 Å². The molecule has 3 rings (SSSR count). The van der Waals surface area contributed by atoms with Gasteiger partial charge in [0.05, 0.1) is 13.7 Å². The summed E-state index contributed by atoms with van der Waals surface area (Å²) >= 11 is 0. The molecule has 1 aromatic rings. The Morgan fingerprint density at radius 2 is 1.94 bits per heavy atom. The maximum absolute atomic E-state index is 12.8. The highest BCUT2D eigenvalue weighted by Crippen LogP contribution is 2.27. The zero-order valence-corrected chi connectivity index (χ0v) is 19.2. The first-order valence-corrected chi connectivity index (χ1v) is 11.7. The Hall–Kier alpha value is -2.44. The van der Waals surface area contributed by atoms with Gasteiger partial charge >= 0.3 is 0 Å². The third-order valence-electron chi connectivity index (χ3n) is 6.04. The molecule has 1 heterocycles. The van der Waals surface area contributed by atoms with Gasteiger partial charge in [-0.05, 0) is 45.2 Å². The molecule has 172 valence electrons. The van der Waals surface area contributed by atoms with Crippen LogP contribution in [-0.2, 0) is 4.79 Å². The fraction of sp³-hybridized carbons (Fsp3) is 0.667. The van der Waals surface area contributed by atoms with E-state index < -0.39 is 0 Å². The lowest BCUT2D eigenvalue weighted by molar-refractivity contribution is -0.135. The molecular weight excluding hydrogens is 392 g/mol. The summed E-state index contributed by atoms with van der Waals surface area (Å²) in [5, 5.41) is 6.83. The number of aliphatic imine (C=N–C) groups is 1. The summed E-state index contributed by atoms with van der Waals surface area (Å²) in [6.45, 7) is 6.95. The van der Waals surface area contributed by atoms with Crippen LogP contribution >= 0.6 is 0 Å². The fourth-order valence-corrected chi connectivity index (χ4v) is 4.39. The van der Waals surface area contributed by atoms with Crippen LogP contribution in [0.3, 0.4) is 0 Å². The number of benzene rings is 1. The molecular formula is C24H38N4O3. The van der Waals surface area contributed by atoms with Gasteiger partial charge in [-0.1, -0.05) is 31.4 Å². The van der Waals surface area contributed by atoms with Gasteiger partial charge in [-0.3, -0.25) is 4.79 Å². The van der Waals surface area contributed by atoms with E-state index in [-0.39, 0.29) is 18.1 Å². The summed E-state index contributed by atoms with van der Waals surface area (Å²) in [6, 6.07) is 7.87. The van der Waals surface area contributed by atoms with Crippen LogP contribution in [0.25, 0.3) is 0 Å². The highest BCUT2D eigenvalue weighted by molar-refractivity contribution is 5.81. The van der Waals surface area contributed by atoms with E-state index in [1.807, 2.05) is 36.1 Å². The normalized spacial score (nSPS) is 20.9. The van der Waals surface area contributed by atoms with E-state index in [0.717, 1.165) is 56.4 Å². The van der Waals surface area contributed by atoms with Crippen molar-refractivity contribution in [1.82, 2.24) is 15.5 Å². The van der Waals surface area contributed by atoms with Crippen LogP contribution in [-0.4, -0.2) is 62.2 Å². The lowest BCUT2D eigenvalue weighted by atomic mass is 9.88. The number of guanidine groups is 1. The molecule has 0 spiro atoms. The number of likely N-dealkylation sites (tertiary alicyclic amines) is 1. The molecule has 2 N–H and O–H groups in total. The van der Waals surface area contributed by atoms with E-state index in [4.69, 9.17) is 14.5 Å². The monoisotopic (exact) mass is 430 g/mol. The summed E-state index contributed by atoms with van der Waals surface area (Å²) in [5.41, 5.74) is 0. The largest absolute Gasteiger partial charge is 0.493 e. The molecule has 2 unspecified atom stereocenters. The maximum Gasteiger partial charge on any atom is 0.225 e. The Morgan fingerprint density at radius 3 is 2.65 bits per heavy atom. The van der Waals surface area contributed by atoms with Crippen LogP contribution in [0.2, 0.25) is 0 Å². The van der Waals surface area contributed by atoms with Crippen molar-refractivity contribution in [1.29, 1.82) is 0 Å². The summed E-state index contributed by atoms with van der Waals surface area (Å²) in [7, 11) is 1.64. The molecule has 31 heavy (non-hydrogen) atoms. The first-order chi connectivity index (χ1) is 15.1. The molecule has 0 radical (unpaired) electrons. The number of nitrogens with zero attached hydrogens (tertiary/aromatic N) is 2. The third-order valence-corrected chi connectivity index (χ3v) is 6.04. The van der Waals surface area contributed by atoms with E-state index >= 15 is 0 Å². The molecule has 2 fully saturated rings. The van der Waals surface area contributed by atoms with Crippen molar-refractivity contribution in [2.24, 2.45) is 10.9 Å². The number of hydrogen-bond donors (Lipinski definition) is 2. The van der Waals surface area contributed by atoms with Gasteiger partial charge in [0, 0.05) is 31.6 Å². The second kappa shape index (κ2) is 11.8. The highest BCUT2D eigenvalue weighted by Gasteiger charge is 2.31. The summed E-state index contributed by atoms with van der Waals surface area (Å²) in [6.07, 6.45) is 6.63. The second-order valence-corrected chi connectivity index (χ2v) is 8.55. The number of nitrogens with one attached hydrogen (secondary N) is 2. The number of carbonyl (C=O) groups is 1. The lowest BCUT2D eigenvalue weighted by Crippen LogP contribution is -2.46. The van der Waals surface area contributed by atoms with Gasteiger partial charge < -0.3 is 25.0 Å². The Balaban J connectivity index is 1.50. The lowest BCUT2D eigenvalue weighted by Gasteiger charge is -2.26. The van der Waals surface area contributed by atoms with Crippen LogP contribution in [0.4, 0.5) is 0 Å². The maximum atomic E-state index is 12.8. The van der Waals surface area contributed by atoms with E-state index in [0.29, 0.717) is 12.5 Å². The van der Waals surface area contributed by atoms with Crippen molar-refractivity contribution >= 4 is 11.9 Å². The smallest absolute Gasteiger partial charge is 0.225 e. The Morgan fingerprint density at radius 1 is 1.19 bits per heavy atom. The Labute approximate surface area is 186 Å². The second-order valence-electron chi connectivity index (χ2n) is 8.55. The fourth-order valence-electron chi connectivity index (χ4n) is 4.39. The van der Waals surface area contributed by atoms with Crippen molar-refractivity contribution in [2.75, 3.05) is 33.3 Å². The van der Waals surface area contributed by atoms with Crippen LogP contribution < -0.4 is 20.1 Å². The minimum Gasteiger partial charge on any atom is -0.493 e. The van der Waals surface area contributed by atoms with Gasteiger partial charge in [0.1, 0.15) is 6.10 Å². The molecule has 1 saturated carbocycles. The predicted octanol–water partition coefficient (Wildman–Crippen LogP) is 3.20. The minimum absolute atomic E-state index is 0.0975. The number of hydrogen-bond acceptors (Lipinski definition) is 4. The molecule has 1 aliphatic carbocycles. The van der Waals surface area contributed by atoms with Crippen LogP contribution in [0.5, 0.6) is 11.5 Å². The third kappa shape index (κ3) is 6.77. The quantitative estimate of drug-likeness (QED) is 0.489. The van der Waals surface area contributed by atoms with Gasteiger partial charge in [0.2, 0.25) is 5.91 Å².